The highest BCUT2D eigenvalue weighted by Crippen LogP contribution is 2.40. The van der Waals surface area contributed by atoms with Crippen LogP contribution in [0.15, 0.2) is 0 Å². The second-order valence-electron chi connectivity index (χ2n) is 5.16. The summed E-state index contributed by atoms with van der Waals surface area (Å²) in [5, 5.41) is 0. The van der Waals surface area contributed by atoms with Gasteiger partial charge in [0.2, 0.25) is 0 Å². The molecule has 0 radical (unpaired) electrons. The zero-order valence-corrected chi connectivity index (χ0v) is 12.2. The summed E-state index contributed by atoms with van der Waals surface area (Å²) in [7, 11) is 2.45. The number of methoxy groups -OCH3 is 2. The first kappa shape index (κ1) is 17.6. The summed E-state index contributed by atoms with van der Waals surface area (Å²) in [6, 6.07) is -0.801. The summed E-state index contributed by atoms with van der Waals surface area (Å²) in [6.45, 7) is 2.14. The molecule has 1 rings (SSSR count). The van der Waals surface area contributed by atoms with E-state index in [0.717, 1.165) is 0 Å². The van der Waals surface area contributed by atoms with Gasteiger partial charge in [0.25, 0.3) is 0 Å². The van der Waals surface area contributed by atoms with Crippen molar-refractivity contribution in [1.82, 2.24) is 9.80 Å². The van der Waals surface area contributed by atoms with Crippen molar-refractivity contribution < 1.29 is 27.0 Å². The molecule has 8 heteroatoms. The minimum absolute atomic E-state index is 0.254. The SMILES string of the molecule is COCC(F)N1CC(C(C)C)N(C(F)COC)C1(F)F. The summed E-state index contributed by atoms with van der Waals surface area (Å²) < 4.78 is 65.5. The molecule has 1 aliphatic rings. The monoisotopic (exact) mass is 302 g/mol. The number of halogens is 4. The Hall–Kier alpha value is -0.440. The number of hydrogen-bond donors (Lipinski definition) is 0. The standard InChI is InChI=1S/C12H22F4N2O2/c1-8(2)9-5-17(10(13)6-19-3)12(15,16)18(9)11(14)7-20-4/h8-11H,5-7H2,1-4H3. The highest BCUT2D eigenvalue weighted by Gasteiger charge is 2.59. The minimum Gasteiger partial charge on any atom is -0.380 e. The van der Waals surface area contributed by atoms with Crippen molar-refractivity contribution in [3.63, 3.8) is 0 Å². The van der Waals surface area contributed by atoms with E-state index in [4.69, 9.17) is 0 Å². The normalized spacial score (nSPS) is 27.1. The van der Waals surface area contributed by atoms with E-state index in [1.165, 1.54) is 14.2 Å². The lowest BCUT2D eigenvalue weighted by Crippen LogP contribution is -2.55. The summed E-state index contributed by atoms with van der Waals surface area (Å²) in [5.41, 5.74) is 0. The summed E-state index contributed by atoms with van der Waals surface area (Å²) >= 11 is 0. The van der Waals surface area contributed by atoms with Gasteiger partial charge in [0.1, 0.15) is 0 Å². The molecule has 0 bridgehead atoms. The van der Waals surface area contributed by atoms with Crippen molar-refractivity contribution >= 4 is 0 Å². The van der Waals surface area contributed by atoms with E-state index in [-0.39, 0.29) is 12.5 Å². The predicted octanol–water partition coefficient (Wildman–Crippen LogP) is 2.06. The topological polar surface area (TPSA) is 24.9 Å². The third-order valence-corrected chi connectivity index (χ3v) is 3.42. The number of hydrogen-bond acceptors (Lipinski definition) is 4. The van der Waals surface area contributed by atoms with Gasteiger partial charge >= 0.3 is 6.17 Å². The second-order valence-corrected chi connectivity index (χ2v) is 5.16. The maximum atomic E-state index is 14.3. The maximum absolute atomic E-state index is 14.3. The van der Waals surface area contributed by atoms with Crippen LogP contribution in [0.4, 0.5) is 17.6 Å². The van der Waals surface area contributed by atoms with Crippen LogP contribution in [-0.2, 0) is 9.47 Å². The molecule has 0 spiro atoms. The minimum atomic E-state index is -3.72. The smallest absolute Gasteiger partial charge is 0.374 e. The molecule has 3 unspecified atom stereocenters. The summed E-state index contributed by atoms with van der Waals surface area (Å²) in [5.74, 6) is -0.254. The van der Waals surface area contributed by atoms with Crippen LogP contribution in [0.1, 0.15) is 13.8 Å². The molecule has 1 heterocycles. The van der Waals surface area contributed by atoms with E-state index in [2.05, 4.69) is 9.47 Å². The lowest BCUT2D eigenvalue weighted by molar-refractivity contribution is -0.272. The second kappa shape index (κ2) is 7.02. The van der Waals surface area contributed by atoms with Gasteiger partial charge in [0, 0.05) is 26.8 Å². The van der Waals surface area contributed by atoms with Gasteiger partial charge in [-0.2, -0.15) is 18.6 Å². The number of rotatable bonds is 7. The molecular weight excluding hydrogens is 280 g/mol. The Balaban J connectivity index is 2.99. The molecule has 0 N–H and O–H groups in total. The van der Waals surface area contributed by atoms with Gasteiger partial charge in [0.05, 0.1) is 13.2 Å². The van der Waals surface area contributed by atoms with Crippen LogP contribution in [0.25, 0.3) is 0 Å². The first-order valence-electron chi connectivity index (χ1n) is 6.46. The molecule has 0 aliphatic carbocycles. The average molecular weight is 302 g/mol. The third-order valence-electron chi connectivity index (χ3n) is 3.42. The van der Waals surface area contributed by atoms with Crippen molar-refractivity contribution in [2.24, 2.45) is 5.92 Å². The molecule has 0 amide bonds. The van der Waals surface area contributed by atoms with Crippen molar-refractivity contribution in [2.75, 3.05) is 34.0 Å². The molecule has 1 fully saturated rings. The summed E-state index contributed by atoms with van der Waals surface area (Å²) in [6.07, 6.45) is -7.71. The van der Waals surface area contributed by atoms with E-state index >= 15 is 0 Å². The molecule has 0 aromatic heterocycles. The fraction of sp³-hybridized carbons (Fsp3) is 1.00. The highest BCUT2D eigenvalue weighted by atomic mass is 19.3. The molecule has 4 nitrogen and oxygen atoms in total. The van der Waals surface area contributed by atoms with E-state index in [1.807, 2.05) is 0 Å². The van der Waals surface area contributed by atoms with Crippen molar-refractivity contribution in [3.8, 4) is 0 Å². The Morgan fingerprint density at radius 3 is 2.05 bits per heavy atom. The molecular formula is C12H22F4N2O2. The lowest BCUT2D eigenvalue weighted by Gasteiger charge is -2.34. The summed E-state index contributed by atoms with van der Waals surface area (Å²) in [4.78, 5) is 0.729. The molecule has 20 heavy (non-hydrogen) atoms. The van der Waals surface area contributed by atoms with Crippen LogP contribution < -0.4 is 0 Å². The van der Waals surface area contributed by atoms with Crippen LogP contribution in [0.5, 0.6) is 0 Å². The first-order chi connectivity index (χ1) is 9.27. The Morgan fingerprint density at radius 1 is 1.10 bits per heavy atom. The van der Waals surface area contributed by atoms with Crippen LogP contribution in [0, 0.1) is 5.92 Å². The largest absolute Gasteiger partial charge is 0.380 e. The Kier molecular flexibility index (Phi) is 6.18. The van der Waals surface area contributed by atoms with E-state index in [1.54, 1.807) is 13.8 Å². The fourth-order valence-electron chi connectivity index (χ4n) is 2.38. The molecule has 1 saturated heterocycles. The van der Waals surface area contributed by atoms with Gasteiger partial charge in [-0.1, -0.05) is 13.8 Å². The van der Waals surface area contributed by atoms with Crippen LogP contribution in [0.2, 0.25) is 0 Å². The van der Waals surface area contributed by atoms with Crippen LogP contribution >= 0.6 is 0 Å². The number of nitrogens with zero attached hydrogens (tertiary/aromatic N) is 2. The van der Waals surface area contributed by atoms with Crippen LogP contribution in [-0.4, -0.2) is 68.6 Å². The van der Waals surface area contributed by atoms with Gasteiger partial charge in [-0.15, -0.1) is 0 Å². The Labute approximate surface area is 116 Å². The van der Waals surface area contributed by atoms with E-state index in [0.29, 0.717) is 9.80 Å². The third kappa shape index (κ3) is 3.41. The van der Waals surface area contributed by atoms with Gasteiger partial charge in [0.15, 0.2) is 12.6 Å². The molecule has 0 saturated carbocycles. The molecule has 120 valence electrons. The predicted molar refractivity (Wildman–Crippen MR) is 65.7 cm³/mol. The Bertz CT molecular complexity index is 307. The van der Waals surface area contributed by atoms with E-state index in [9.17, 15) is 17.6 Å². The molecule has 3 atom stereocenters. The lowest BCUT2D eigenvalue weighted by atomic mass is 10.0. The average Bonchev–Trinajstić information content (AvgIpc) is 2.61. The highest BCUT2D eigenvalue weighted by molar-refractivity contribution is 4.94. The van der Waals surface area contributed by atoms with Crippen LogP contribution in [0.3, 0.4) is 0 Å². The number of ether oxygens (including phenoxy) is 2. The van der Waals surface area contributed by atoms with Crippen molar-refractivity contribution in [3.05, 3.63) is 0 Å². The Morgan fingerprint density at radius 2 is 1.60 bits per heavy atom. The van der Waals surface area contributed by atoms with Crippen molar-refractivity contribution in [1.29, 1.82) is 0 Å². The van der Waals surface area contributed by atoms with Gasteiger partial charge in [-0.25, -0.2) is 8.78 Å². The first-order valence-corrected chi connectivity index (χ1v) is 6.46. The van der Waals surface area contributed by atoms with Gasteiger partial charge < -0.3 is 9.47 Å². The number of alkyl halides is 4. The zero-order valence-electron chi connectivity index (χ0n) is 12.2. The molecule has 0 aromatic carbocycles. The van der Waals surface area contributed by atoms with Crippen molar-refractivity contribution in [2.45, 2.75) is 38.7 Å². The van der Waals surface area contributed by atoms with Gasteiger partial charge in [-0.3, -0.25) is 0 Å². The van der Waals surface area contributed by atoms with Gasteiger partial charge in [-0.05, 0) is 5.92 Å². The quantitative estimate of drug-likeness (QED) is 0.531. The maximum Gasteiger partial charge on any atom is 0.374 e. The fourth-order valence-corrected chi connectivity index (χ4v) is 2.38. The molecule has 0 aromatic rings. The van der Waals surface area contributed by atoms with E-state index < -0.39 is 38.0 Å². The zero-order chi connectivity index (χ0) is 15.5. The molecule has 1 aliphatic heterocycles.